The van der Waals surface area contributed by atoms with Gasteiger partial charge in [-0.1, -0.05) is 0 Å². The van der Waals surface area contributed by atoms with Gasteiger partial charge in [0.05, 0.1) is 19.2 Å². The smallest absolute Gasteiger partial charge is 0.469 e. The normalized spacial score (nSPS) is 11.3. The summed E-state index contributed by atoms with van der Waals surface area (Å²) in [6.45, 7) is 1.60. The van der Waals surface area contributed by atoms with Gasteiger partial charge in [0.15, 0.2) is 0 Å². The lowest BCUT2D eigenvalue weighted by molar-refractivity contribution is -0.276. The summed E-state index contributed by atoms with van der Waals surface area (Å²) in [5.74, 6) is -1.36. The number of hydrogen-bond acceptors (Lipinski definition) is 5. The van der Waals surface area contributed by atoms with E-state index in [0.717, 1.165) is 7.11 Å². The van der Waals surface area contributed by atoms with Crippen molar-refractivity contribution in [2.24, 2.45) is 5.73 Å². The van der Waals surface area contributed by atoms with Crippen LogP contribution in [0.15, 0.2) is 6.07 Å². The fourth-order valence-corrected chi connectivity index (χ4v) is 1.45. The van der Waals surface area contributed by atoms with Crippen molar-refractivity contribution in [1.82, 2.24) is 4.98 Å². The Morgan fingerprint density at radius 2 is 2.11 bits per heavy atom. The van der Waals surface area contributed by atoms with E-state index in [2.05, 4.69) is 14.5 Å². The lowest BCUT2D eigenvalue weighted by Gasteiger charge is -2.14. The van der Waals surface area contributed by atoms with E-state index < -0.39 is 18.2 Å². The standard InChI is InChI=1S/C11H13F3N2O3/c1-6-3-7(4-9(17)18-2)10(16-8(6)5-15)19-11(12,13)14/h3H,4-5,15H2,1-2H3. The van der Waals surface area contributed by atoms with Crippen LogP contribution in [0.25, 0.3) is 0 Å². The molecule has 0 spiro atoms. The molecule has 0 saturated carbocycles. The molecule has 0 saturated heterocycles. The molecule has 0 radical (unpaired) electrons. The number of esters is 1. The first-order valence-electron chi connectivity index (χ1n) is 5.29. The number of aromatic nitrogens is 1. The van der Waals surface area contributed by atoms with Crippen LogP contribution in [0.5, 0.6) is 5.88 Å². The highest BCUT2D eigenvalue weighted by Crippen LogP contribution is 2.26. The summed E-state index contributed by atoms with van der Waals surface area (Å²) in [6.07, 6.45) is -5.25. The second-order valence-corrected chi connectivity index (χ2v) is 3.72. The highest BCUT2D eigenvalue weighted by molar-refractivity contribution is 5.73. The number of hydrogen-bond donors (Lipinski definition) is 1. The van der Waals surface area contributed by atoms with Crippen molar-refractivity contribution in [1.29, 1.82) is 0 Å². The molecule has 0 aromatic carbocycles. The zero-order valence-corrected chi connectivity index (χ0v) is 10.4. The fourth-order valence-electron chi connectivity index (χ4n) is 1.45. The molecular weight excluding hydrogens is 265 g/mol. The number of nitrogens with two attached hydrogens (primary N) is 1. The van der Waals surface area contributed by atoms with Crippen molar-refractivity contribution in [3.8, 4) is 5.88 Å². The number of pyridine rings is 1. The number of halogens is 3. The average Bonchev–Trinajstić information content (AvgIpc) is 2.30. The van der Waals surface area contributed by atoms with Crippen LogP contribution in [0, 0.1) is 6.92 Å². The molecule has 0 aliphatic rings. The predicted octanol–water partition coefficient (Wildman–Crippen LogP) is 1.46. The average molecular weight is 278 g/mol. The lowest BCUT2D eigenvalue weighted by atomic mass is 10.1. The maximum Gasteiger partial charge on any atom is 0.574 e. The van der Waals surface area contributed by atoms with Gasteiger partial charge < -0.3 is 15.2 Å². The molecule has 0 atom stereocenters. The monoisotopic (exact) mass is 278 g/mol. The van der Waals surface area contributed by atoms with Gasteiger partial charge in [-0.3, -0.25) is 4.79 Å². The first kappa shape index (κ1) is 15.2. The summed E-state index contributed by atoms with van der Waals surface area (Å²) < 4.78 is 45.0. The second kappa shape index (κ2) is 5.87. The molecule has 5 nitrogen and oxygen atoms in total. The van der Waals surface area contributed by atoms with Crippen LogP contribution in [0.4, 0.5) is 13.2 Å². The molecule has 1 aromatic heterocycles. The van der Waals surface area contributed by atoms with Crippen LogP contribution in [0.1, 0.15) is 16.8 Å². The van der Waals surface area contributed by atoms with Gasteiger partial charge in [0.25, 0.3) is 0 Å². The van der Waals surface area contributed by atoms with Crippen molar-refractivity contribution in [2.75, 3.05) is 7.11 Å². The molecule has 1 rings (SSSR count). The number of rotatable bonds is 4. The Balaban J connectivity index is 3.18. The number of alkyl halides is 3. The number of ether oxygens (including phenoxy) is 2. The molecule has 0 aliphatic heterocycles. The topological polar surface area (TPSA) is 74.4 Å². The molecule has 19 heavy (non-hydrogen) atoms. The number of aryl methyl sites for hydroxylation is 1. The van der Waals surface area contributed by atoms with E-state index in [0.29, 0.717) is 5.56 Å². The number of nitrogens with zero attached hydrogens (tertiary/aromatic N) is 1. The van der Waals surface area contributed by atoms with E-state index in [9.17, 15) is 18.0 Å². The molecule has 0 bridgehead atoms. The summed E-state index contributed by atoms with van der Waals surface area (Å²) in [4.78, 5) is 14.8. The van der Waals surface area contributed by atoms with Gasteiger partial charge in [-0.2, -0.15) is 0 Å². The van der Waals surface area contributed by atoms with Crippen molar-refractivity contribution < 1.29 is 27.4 Å². The third kappa shape index (κ3) is 4.40. The van der Waals surface area contributed by atoms with Gasteiger partial charge in [0, 0.05) is 12.1 Å². The van der Waals surface area contributed by atoms with Gasteiger partial charge in [0.1, 0.15) is 0 Å². The maximum absolute atomic E-state index is 12.3. The van der Waals surface area contributed by atoms with Crippen LogP contribution in [0.3, 0.4) is 0 Å². The molecular formula is C11H13F3N2O3. The second-order valence-electron chi connectivity index (χ2n) is 3.72. The Morgan fingerprint density at radius 3 is 2.58 bits per heavy atom. The van der Waals surface area contributed by atoms with Crippen LogP contribution in [0.2, 0.25) is 0 Å². The Hall–Kier alpha value is -1.83. The van der Waals surface area contributed by atoms with Crippen LogP contribution in [-0.2, 0) is 22.5 Å². The molecule has 2 N–H and O–H groups in total. The van der Waals surface area contributed by atoms with E-state index >= 15 is 0 Å². The summed E-state index contributed by atoms with van der Waals surface area (Å²) >= 11 is 0. The molecule has 1 heterocycles. The number of carbonyl (C=O) groups excluding carboxylic acids is 1. The van der Waals surface area contributed by atoms with E-state index in [-0.39, 0.29) is 24.2 Å². The van der Waals surface area contributed by atoms with E-state index in [1.165, 1.54) is 6.07 Å². The van der Waals surface area contributed by atoms with E-state index in [4.69, 9.17) is 5.73 Å². The summed E-state index contributed by atoms with van der Waals surface area (Å²) in [5, 5.41) is 0. The third-order valence-electron chi connectivity index (χ3n) is 2.33. The SMILES string of the molecule is COC(=O)Cc1cc(C)c(CN)nc1OC(F)(F)F. The van der Waals surface area contributed by atoms with E-state index in [1.807, 2.05) is 0 Å². The highest BCUT2D eigenvalue weighted by Gasteiger charge is 2.33. The van der Waals surface area contributed by atoms with Crippen LogP contribution in [-0.4, -0.2) is 24.4 Å². The fraction of sp³-hybridized carbons (Fsp3) is 0.455. The molecule has 0 fully saturated rings. The van der Waals surface area contributed by atoms with Crippen LogP contribution < -0.4 is 10.5 Å². The minimum absolute atomic E-state index is 0.00104. The van der Waals surface area contributed by atoms with E-state index in [1.54, 1.807) is 6.92 Å². The number of carbonyl (C=O) groups is 1. The lowest BCUT2D eigenvalue weighted by Crippen LogP contribution is -2.21. The van der Waals surface area contributed by atoms with Gasteiger partial charge in [-0.25, -0.2) is 4.98 Å². The van der Waals surface area contributed by atoms with Gasteiger partial charge >= 0.3 is 12.3 Å². The molecule has 106 valence electrons. The number of methoxy groups -OCH3 is 1. The Bertz CT molecular complexity index is 475. The van der Waals surface area contributed by atoms with Crippen LogP contribution >= 0.6 is 0 Å². The zero-order valence-electron chi connectivity index (χ0n) is 10.4. The molecule has 0 unspecified atom stereocenters. The van der Waals surface area contributed by atoms with Crippen molar-refractivity contribution >= 4 is 5.97 Å². The van der Waals surface area contributed by atoms with Gasteiger partial charge in [0.2, 0.25) is 5.88 Å². The zero-order chi connectivity index (χ0) is 14.6. The first-order chi connectivity index (χ1) is 8.76. The van der Waals surface area contributed by atoms with Crippen molar-refractivity contribution in [3.63, 3.8) is 0 Å². The molecule has 1 aromatic rings. The van der Waals surface area contributed by atoms with Gasteiger partial charge in [-0.15, -0.1) is 13.2 Å². The molecule has 0 aliphatic carbocycles. The quantitative estimate of drug-likeness (QED) is 0.844. The summed E-state index contributed by atoms with van der Waals surface area (Å²) in [5.41, 5.74) is 6.22. The van der Waals surface area contributed by atoms with Crippen molar-refractivity contribution in [3.05, 3.63) is 22.9 Å². The van der Waals surface area contributed by atoms with Crippen molar-refractivity contribution in [2.45, 2.75) is 26.3 Å². The summed E-state index contributed by atoms with van der Waals surface area (Å²) in [7, 11) is 1.14. The predicted molar refractivity (Wildman–Crippen MR) is 59.3 cm³/mol. The Labute approximate surface area is 107 Å². The third-order valence-corrected chi connectivity index (χ3v) is 2.33. The minimum Gasteiger partial charge on any atom is -0.469 e. The first-order valence-corrected chi connectivity index (χ1v) is 5.29. The molecule has 8 heteroatoms. The minimum atomic E-state index is -4.89. The maximum atomic E-state index is 12.3. The Kier molecular flexibility index (Phi) is 4.71. The largest absolute Gasteiger partial charge is 0.574 e. The Morgan fingerprint density at radius 1 is 1.47 bits per heavy atom. The molecule has 0 amide bonds. The van der Waals surface area contributed by atoms with Gasteiger partial charge in [-0.05, 0) is 18.6 Å². The highest BCUT2D eigenvalue weighted by atomic mass is 19.4. The summed E-state index contributed by atoms with van der Waals surface area (Å²) in [6, 6.07) is 1.38.